The summed E-state index contributed by atoms with van der Waals surface area (Å²) in [6, 6.07) is -0.388. The van der Waals surface area contributed by atoms with Gasteiger partial charge in [-0.25, -0.2) is 4.79 Å². The van der Waals surface area contributed by atoms with Crippen molar-refractivity contribution in [2.24, 2.45) is 0 Å². The second-order valence-electron chi connectivity index (χ2n) is 3.44. The zero-order valence-electron chi connectivity index (χ0n) is 8.87. The van der Waals surface area contributed by atoms with Crippen LogP contribution in [0.1, 0.15) is 26.2 Å². The van der Waals surface area contributed by atoms with E-state index in [4.69, 9.17) is 16.3 Å². The summed E-state index contributed by atoms with van der Waals surface area (Å²) in [5, 5.41) is 0. The highest BCUT2D eigenvalue weighted by Gasteiger charge is 2.34. The molecule has 86 valence electrons. The molecule has 1 heterocycles. The van der Waals surface area contributed by atoms with E-state index in [2.05, 4.69) is 0 Å². The zero-order valence-corrected chi connectivity index (χ0v) is 9.63. The van der Waals surface area contributed by atoms with Gasteiger partial charge in [0.05, 0.1) is 6.61 Å². The Hall–Kier alpha value is -0.770. The Bertz CT molecular complexity index is 221. The fraction of sp³-hybridized carbons (Fsp3) is 0.800. The molecule has 1 aliphatic rings. The summed E-state index contributed by atoms with van der Waals surface area (Å²) >= 11 is 5.50. The van der Waals surface area contributed by atoms with Gasteiger partial charge in [-0.15, -0.1) is 11.6 Å². The third-order valence-corrected chi connectivity index (χ3v) is 2.63. The lowest BCUT2D eigenvalue weighted by Gasteiger charge is -2.22. The van der Waals surface area contributed by atoms with Crippen molar-refractivity contribution in [3.05, 3.63) is 0 Å². The molecule has 1 fully saturated rings. The first-order chi connectivity index (χ1) is 7.20. The van der Waals surface area contributed by atoms with E-state index in [1.165, 1.54) is 0 Å². The molecule has 0 radical (unpaired) electrons. The Kier molecular flexibility index (Phi) is 4.88. The van der Waals surface area contributed by atoms with Gasteiger partial charge in [0.1, 0.15) is 6.04 Å². The van der Waals surface area contributed by atoms with Crippen LogP contribution in [0, 0.1) is 0 Å². The topological polar surface area (TPSA) is 46.6 Å². The highest BCUT2D eigenvalue weighted by atomic mass is 35.5. The van der Waals surface area contributed by atoms with Crippen LogP contribution in [0.4, 0.5) is 0 Å². The fourth-order valence-corrected chi connectivity index (χ4v) is 1.93. The molecule has 0 aromatic carbocycles. The van der Waals surface area contributed by atoms with Crippen LogP contribution in [0.3, 0.4) is 0 Å². The van der Waals surface area contributed by atoms with Gasteiger partial charge in [0.25, 0.3) is 0 Å². The number of esters is 1. The van der Waals surface area contributed by atoms with Gasteiger partial charge in [-0.3, -0.25) is 4.79 Å². The standard InChI is InChI=1S/C10H16ClNO3/c1-2-15-10(14)8-4-3-7-12(8)9(13)5-6-11/h8H,2-7H2,1H3. The van der Waals surface area contributed by atoms with Crippen molar-refractivity contribution in [2.75, 3.05) is 19.0 Å². The Balaban J connectivity index is 2.56. The Morgan fingerprint density at radius 1 is 1.53 bits per heavy atom. The first kappa shape index (κ1) is 12.3. The SMILES string of the molecule is CCOC(=O)C1CCCN1C(=O)CCCl. The maximum atomic E-state index is 11.6. The van der Waals surface area contributed by atoms with Crippen molar-refractivity contribution in [1.29, 1.82) is 0 Å². The molecule has 4 nitrogen and oxygen atoms in total. The molecule has 0 aliphatic carbocycles. The first-order valence-corrected chi connectivity index (χ1v) is 5.76. The molecule has 1 atom stereocenters. The maximum Gasteiger partial charge on any atom is 0.328 e. The minimum Gasteiger partial charge on any atom is -0.464 e. The molecule has 1 aliphatic heterocycles. The lowest BCUT2D eigenvalue weighted by molar-refractivity contribution is -0.152. The van der Waals surface area contributed by atoms with E-state index in [-0.39, 0.29) is 24.3 Å². The second-order valence-corrected chi connectivity index (χ2v) is 3.81. The van der Waals surface area contributed by atoms with E-state index in [0.29, 0.717) is 25.5 Å². The highest BCUT2D eigenvalue weighted by Crippen LogP contribution is 2.19. The molecular weight excluding hydrogens is 218 g/mol. The third-order valence-electron chi connectivity index (χ3n) is 2.44. The zero-order chi connectivity index (χ0) is 11.3. The molecule has 1 rings (SSSR count). The van der Waals surface area contributed by atoms with E-state index >= 15 is 0 Å². The summed E-state index contributed by atoms with van der Waals surface area (Å²) < 4.78 is 4.92. The quantitative estimate of drug-likeness (QED) is 0.541. The Labute approximate surface area is 94.5 Å². The van der Waals surface area contributed by atoms with Gasteiger partial charge in [-0.05, 0) is 19.8 Å². The van der Waals surface area contributed by atoms with Crippen molar-refractivity contribution in [2.45, 2.75) is 32.2 Å². The summed E-state index contributed by atoms with van der Waals surface area (Å²) in [5.74, 6) is -0.0521. The van der Waals surface area contributed by atoms with Crippen LogP contribution < -0.4 is 0 Å². The van der Waals surface area contributed by atoms with Gasteiger partial charge in [-0.2, -0.15) is 0 Å². The largest absolute Gasteiger partial charge is 0.464 e. The Morgan fingerprint density at radius 2 is 2.27 bits per heavy atom. The van der Waals surface area contributed by atoms with Crippen molar-refractivity contribution in [3.8, 4) is 0 Å². The number of rotatable bonds is 4. The average Bonchev–Trinajstić information content (AvgIpc) is 2.66. The number of likely N-dealkylation sites (tertiary alicyclic amines) is 1. The monoisotopic (exact) mass is 233 g/mol. The fourth-order valence-electron chi connectivity index (χ4n) is 1.77. The number of hydrogen-bond acceptors (Lipinski definition) is 3. The number of ether oxygens (including phenoxy) is 1. The van der Waals surface area contributed by atoms with Gasteiger partial charge in [0, 0.05) is 18.8 Å². The second kappa shape index (κ2) is 5.95. The number of halogens is 1. The molecule has 0 aromatic rings. The molecule has 0 spiro atoms. The van der Waals surface area contributed by atoms with Crippen molar-refractivity contribution in [3.63, 3.8) is 0 Å². The summed E-state index contributed by atoms with van der Waals surface area (Å²) in [5.41, 5.74) is 0. The van der Waals surface area contributed by atoms with Crippen LogP contribution in [-0.4, -0.2) is 41.8 Å². The number of carbonyl (C=O) groups is 2. The third kappa shape index (κ3) is 3.09. The van der Waals surface area contributed by atoms with E-state index in [1.807, 2.05) is 0 Å². The summed E-state index contributed by atoms with van der Waals surface area (Å²) in [7, 11) is 0. The molecule has 0 N–H and O–H groups in total. The number of carbonyl (C=O) groups excluding carboxylic acids is 2. The molecule has 0 aromatic heterocycles. The summed E-state index contributed by atoms with van der Waals surface area (Å²) in [6.45, 7) is 2.75. The molecule has 15 heavy (non-hydrogen) atoms. The lowest BCUT2D eigenvalue weighted by Crippen LogP contribution is -2.41. The van der Waals surface area contributed by atoms with Gasteiger partial charge in [0.15, 0.2) is 0 Å². The first-order valence-electron chi connectivity index (χ1n) is 5.22. The van der Waals surface area contributed by atoms with Crippen molar-refractivity contribution < 1.29 is 14.3 Å². The van der Waals surface area contributed by atoms with Crippen LogP contribution in [0.2, 0.25) is 0 Å². The number of hydrogen-bond donors (Lipinski definition) is 0. The number of nitrogens with zero attached hydrogens (tertiary/aromatic N) is 1. The lowest BCUT2D eigenvalue weighted by atomic mass is 10.2. The van der Waals surface area contributed by atoms with Gasteiger partial charge >= 0.3 is 5.97 Å². The smallest absolute Gasteiger partial charge is 0.328 e. The predicted molar refractivity (Wildman–Crippen MR) is 56.7 cm³/mol. The Morgan fingerprint density at radius 3 is 2.87 bits per heavy atom. The normalized spacial score (nSPS) is 20.4. The van der Waals surface area contributed by atoms with E-state index in [1.54, 1.807) is 11.8 Å². The average molecular weight is 234 g/mol. The van der Waals surface area contributed by atoms with Gasteiger partial charge in [-0.1, -0.05) is 0 Å². The van der Waals surface area contributed by atoms with Crippen LogP contribution in [-0.2, 0) is 14.3 Å². The summed E-state index contributed by atoms with van der Waals surface area (Å²) in [6.07, 6.45) is 1.85. The molecular formula is C10H16ClNO3. The van der Waals surface area contributed by atoms with Crippen LogP contribution in [0.15, 0.2) is 0 Å². The molecule has 1 unspecified atom stereocenters. The van der Waals surface area contributed by atoms with Crippen LogP contribution in [0.25, 0.3) is 0 Å². The molecule has 5 heteroatoms. The highest BCUT2D eigenvalue weighted by molar-refractivity contribution is 6.18. The predicted octanol–water partition coefficient (Wildman–Crippen LogP) is 1.17. The van der Waals surface area contributed by atoms with E-state index in [9.17, 15) is 9.59 Å². The van der Waals surface area contributed by atoms with Crippen molar-refractivity contribution >= 4 is 23.5 Å². The van der Waals surface area contributed by atoms with Gasteiger partial charge < -0.3 is 9.64 Å². The number of amides is 1. The summed E-state index contributed by atoms with van der Waals surface area (Å²) in [4.78, 5) is 24.7. The molecule has 0 saturated carbocycles. The van der Waals surface area contributed by atoms with Crippen molar-refractivity contribution in [1.82, 2.24) is 4.90 Å². The van der Waals surface area contributed by atoms with E-state index in [0.717, 1.165) is 6.42 Å². The minimum atomic E-state index is -0.388. The van der Waals surface area contributed by atoms with Gasteiger partial charge in [0.2, 0.25) is 5.91 Å². The molecule has 0 bridgehead atoms. The molecule has 1 saturated heterocycles. The number of alkyl halides is 1. The minimum absolute atomic E-state index is 0.0550. The van der Waals surface area contributed by atoms with Crippen LogP contribution >= 0.6 is 11.6 Å². The van der Waals surface area contributed by atoms with Crippen LogP contribution in [0.5, 0.6) is 0 Å². The van der Waals surface area contributed by atoms with E-state index < -0.39 is 0 Å². The maximum absolute atomic E-state index is 11.6. The molecule has 1 amide bonds.